The van der Waals surface area contributed by atoms with Gasteiger partial charge in [0, 0.05) is 28.4 Å². The van der Waals surface area contributed by atoms with Crippen LogP contribution in [0.3, 0.4) is 0 Å². The van der Waals surface area contributed by atoms with E-state index >= 15 is 0 Å². The molecule has 0 spiro atoms. The fourth-order valence-corrected chi connectivity index (χ4v) is 5.74. The molecule has 3 nitrogen and oxygen atoms in total. The number of para-hydroxylation sites is 1. The Hall–Kier alpha value is -1.56. The zero-order valence-electron chi connectivity index (χ0n) is 18.3. The van der Waals surface area contributed by atoms with Crippen molar-refractivity contribution in [2.24, 2.45) is 5.92 Å². The predicted molar refractivity (Wildman–Crippen MR) is 134 cm³/mol. The van der Waals surface area contributed by atoms with E-state index in [-0.39, 0.29) is 0 Å². The Bertz CT molecular complexity index is 903. The highest BCUT2D eigenvalue weighted by Gasteiger charge is 2.26. The third-order valence-electron chi connectivity index (χ3n) is 6.05. The van der Waals surface area contributed by atoms with E-state index in [1.807, 2.05) is 11.8 Å². The van der Waals surface area contributed by atoms with E-state index in [1.54, 1.807) is 0 Å². The molecule has 2 aliphatic heterocycles. The first-order valence-corrected chi connectivity index (χ1v) is 12.5. The van der Waals surface area contributed by atoms with E-state index in [2.05, 4.69) is 72.7 Å². The number of hydrogen-bond donors (Lipinski definition) is 2. The Morgan fingerprint density at radius 1 is 1.10 bits per heavy atom. The van der Waals surface area contributed by atoms with Gasteiger partial charge in [-0.15, -0.1) is 0 Å². The lowest BCUT2D eigenvalue weighted by Gasteiger charge is -2.30. The summed E-state index contributed by atoms with van der Waals surface area (Å²) < 4.78 is 0. The highest BCUT2D eigenvalue weighted by atomic mass is 32.2. The minimum Gasteiger partial charge on any atom is -0.376 e. The van der Waals surface area contributed by atoms with Crippen molar-refractivity contribution in [2.45, 2.75) is 55.7 Å². The molecule has 1 atom stereocenters. The fourth-order valence-electron chi connectivity index (χ4n) is 4.45. The maximum Gasteiger partial charge on any atom is 0.106 e. The lowest BCUT2D eigenvalue weighted by atomic mass is 9.92. The van der Waals surface area contributed by atoms with Gasteiger partial charge in [-0.3, -0.25) is 0 Å². The lowest BCUT2D eigenvalue weighted by molar-refractivity contribution is 0.321. The van der Waals surface area contributed by atoms with Crippen molar-refractivity contribution in [3.8, 4) is 0 Å². The van der Waals surface area contributed by atoms with Crippen LogP contribution in [0.2, 0.25) is 0 Å². The summed E-state index contributed by atoms with van der Waals surface area (Å²) in [5.41, 5.74) is 4.99. The molecule has 0 bridgehead atoms. The third-order valence-corrected chi connectivity index (χ3v) is 7.55. The smallest absolute Gasteiger partial charge is 0.106 e. The van der Waals surface area contributed by atoms with E-state index in [0.29, 0.717) is 11.8 Å². The molecule has 0 saturated carbocycles. The zero-order chi connectivity index (χ0) is 21.1. The molecule has 0 radical (unpaired) electrons. The quantitative estimate of drug-likeness (QED) is 0.415. The van der Waals surface area contributed by atoms with E-state index < -0.39 is 0 Å². The van der Waals surface area contributed by atoms with Gasteiger partial charge < -0.3 is 15.5 Å². The SMILES string of the molecule is CC(C)CCNC(=S)c1ccc2c(c1C(C)CN1CCCC1)Nc1ccccc1S2. The molecule has 0 aliphatic carbocycles. The third kappa shape index (κ3) is 4.84. The highest BCUT2D eigenvalue weighted by Crippen LogP contribution is 2.48. The topological polar surface area (TPSA) is 27.3 Å². The van der Waals surface area contributed by atoms with Gasteiger partial charge in [-0.05, 0) is 68.0 Å². The molecule has 30 heavy (non-hydrogen) atoms. The van der Waals surface area contributed by atoms with E-state index in [0.717, 1.165) is 24.5 Å². The summed E-state index contributed by atoms with van der Waals surface area (Å²) in [6.45, 7) is 11.3. The molecule has 2 aromatic carbocycles. The van der Waals surface area contributed by atoms with Gasteiger partial charge in [-0.2, -0.15) is 0 Å². The second-order valence-electron chi connectivity index (χ2n) is 8.97. The van der Waals surface area contributed by atoms with E-state index in [4.69, 9.17) is 12.2 Å². The summed E-state index contributed by atoms with van der Waals surface area (Å²) in [7, 11) is 0. The van der Waals surface area contributed by atoms with Gasteiger partial charge in [-0.25, -0.2) is 0 Å². The number of thiocarbonyl (C=S) groups is 1. The second kappa shape index (κ2) is 9.71. The number of nitrogens with zero attached hydrogens (tertiary/aromatic N) is 1. The molecule has 5 heteroatoms. The molecular formula is C25H33N3S2. The molecule has 160 valence electrons. The summed E-state index contributed by atoms with van der Waals surface area (Å²) in [4.78, 5) is 6.07. The van der Waals surface area contributed by atoms with Gasteiger partial charge >= 0.3 is 0 Å². The first-order chi connectivity index (χ1) is 14.5. The maximum atomic E-state index is 5.89. The fraction of sp³-hybridized carbons (Fsp3) is 0.480. The molecule has 2 heterocycles. The van der Waals surface area contributed by atoms with Crippen LogP contribution in [-0.4, -0.2) is 36.1 Å². The van der Waals surface area contributed by atoms with Gasteiger partial charge in [0.25, 0.3) is 0 Å². The normalized spacial score (nSPS) is 16.7. The van der Waals surface area contributed by atoms with Crippen molar-refractivity contribution >= 4 is 40.3 Å². The summed E-state index contributed by atoms with van der Waals surface area (Å²) in [6.07, 6.45) is 3.78. The number of rotatable bonds is 7. The Balaban J connectivity index is 1.66. The van der Waals surface area contributed by atoms with Crippen LogP contribution in [0.5, 0.6) is 0 Å². The van der Waals surface area contributed by atoms with Crippen LogP contribution >= 0.6 is 24.0 Å². The van der Waals surface area contributed by atoms with Crippen molar-refractivity contribution in [3.05, 3.63) is 47.5 Å². The second-order valence-corrected chi connectivity index (χ2v) is 10.5. The zero-order valence-corrected chi connectivity index (χ0v) is 20.0. The van der Waals surface area contributed by atoms with Crippen molar-refractivity contribution in [3.63, 3.8) is 0 Å². The summed E-state index contributed by atoms with van der Waals surface area (Å²) in [6, 6.07) is 13.0. The average molecular weight is 440 g/mol. The van der Waals surface area contributed by atoms with Gasteiger partial charge in [0.2, 0.25) is 0 Å². The first kappa shape index (κ1) is 21.7. The Morgan fingerprint density at radius 2 is 1.87 bits per heavy atom. The van der Waals surface area contributed by atoms with Crippen molar-refractivity contribution in [1.82, 2.24) is 10.2 Å². The lowest BCUT2D eigenvalue weighted by Crippen LogP contribution is -2.29. The van der Waals surface area contributed by atoms with Gasteiger partial charge in [0.15, 0.2) is 0 Å². The van der Waals surface area contributed by atoms with Crippen LogP contribution in [-0.2, 0) is 0 Å². The maximum absolute atomic E-state index is 5.89. The molecular weight excluding hydrogens is 406 g/mol. The number of fused-ring (bicyclic) bond motifs is 2. The number of likely N-dealkylation sites (tertiary alicyclic amines) is 1. The summed E-state index contributed by atoms with van der Waals surface area (Å²) in [5.74, 6) is 1.09. The minimum absolute atomic E-state index is 0.413. The van der Waals surface area contributed by atoms with Crippen LogP contribution in [0.25, 0.3) is 0 Å². The van der Waals surface area contributed by atoms with Crippen molar-refractivity contribution in [1.29, 1.82) is 0 Å². The number of benzene rings is 2. The number of hydrogen-bond acceptors (Lipinski definition) is 4. The van der Waals surface area contributed by atoms with Gasteiger partial charge in [0.1, 0.15) is 4.99 Å². The van der Waals surface area contributed by atoms with Crippen LogP contribution in [0.4, 0.5) is 11.4 Å². The van der Waals surface area contributed by atoms with Gasteiger partial charge in [0.05, 0.1) is 11.4 Å². The minimum atomic E-state index is 0.413. The Morgan fingerprint density at radius 3 is 2.63 bits per heavy atom. The Labute approximate surface area is 191 Å². The van der Waals surface area contributed by atoms with Crippen molar-refractivity contribution < 1.29 is 0 Å². The molecule has 0 amide bonds. The van der Waals surface area contributed by atoms with Gasteiger partial charge in [-0.1, -0.05) is 63.0 Å². The molecule has 1 saturated heterocycles. The average Bonchev–Trinajstić information content (AvgIpc) is 3.24. The molecule has 1 fully saturated rings. The van der Waals surface area contributed by atoms with E-state index in [1.165, 1.54) is 58.2 Å². The summed E-state index contributed by atoms with van der Waals surface area (Å²) in [5, 5.41) is 7.29. The van der Waals surface area contributed by atoms with Crippen LogP contribution < -0.4 is 10.6 Å². The standard InChI is InChI=1S/C25H33N3S2/c1-17(2)12-13-26-25(29)19-10-11-22-24(27-20-8-4-5-9-21(20)30-22)23(19)18(3)16-28-14-6-7-15-28/h4-5,8-11,17-18,27H,6-7,12-16H2,1-3H3,(H,26,29). The molecule has 2 N–H and O–H groups in total. The highest BCUT2D eigenvalue weighted by molar-refractivity contribution is 7.99. The Kier molecular flexibility index (Phi) is 7.01. The largest absolute Gasteiger partial charge is 0.376 e. The molecule has 2 aliphatic rings. The molecule has 4 rings (SSSR count). The first-order valence-electron chi connectivity index (χ1n) is 11.2. The molecule has 1 unspecified atom stereocenters. The molecule has 2 aromatic rings. The predicted octanol–water partition coefficient (Wildman–Crippen LogP) is 6.41. The number of nitrogens with one attached hydrogen (secondary N) is 2. The van der Waals surface area contributed by atoms with E-state index in [9.17, 15) is 0 Å². The van der Waals surface area contributed by atoms with Crippen LogP contribution in [0.1, 0.15) is 57.1 Å². The monoisotopic (exact) mass is 439 g/mol. The van der Waals surface area contributed by atoms with Crippen LogP contribution in [0.15, 0.2) is 46.2 Å². The van der Waals surface area contributed by atoms with Crippen LogP contribution in [0, 0.1) is 5.92 Å². The molecule has 0 aromatic heterocycles. The van der Waals surface area contributed by atoms with Crippen molar-refractivity contribution in [2.75, 3.05) is 31.5 Å². The summed E-state index contributed by atoms with van der Waals surface area (Å²) >= 11 is 7.74. The number of anilines is 2.